The number of esters is 2. The lowest BCUT2D eigenvalue weighted by atomic mass is 10.0. The van der Waals surface area contributed by atoms with Crippen molar-refractivity contribution in [2.24, 2.45) is 0 Å². The maximum Gasteiger partial charge on any atom is 0.338 e. The molecule has 22 heavy (non-hydrogen) atoms. The van der Waals surface area contributed by atoms with Gasteiger partial charge in [0, 0.05) is 0 Å². The largest absolute Gasteiger partial charge is 0.465 e. The van der Waals surface area contributed by atoms with Crippen LogP contribution in [-0.2, 0) is 9.47 Å². The van der Waals surface area contributed by atoms with E-state index in [0.717, 1.165) is 0 Å². The molecule has 0 aliphatic rings. The van der Waals surface area contributed by atoms with Crippen LogP contribution in [0.4, 0.5) is 0 Å². The molecule has 0 bridgehead atoms. The number of benzene rings is 2. The van der Waals surface area contributed by atoms with E-state index in [4.69, 9.17) is 14.2 Å². The van der Waals surface area contributed by atoms with Crippen molar-refractivity contribution in [1.29, 1.82) is 0 Å². The fourth-order valence-electron chi connectivity index (χ4n) is 1.97. The maximum absolute atomic E-state index is 11.9. The summed E-state index contributed by atoms with van der Waals surface area (Å²) >= 11 is 0. The molecule has 0 radical (unpaired) electrons. The van der Waals surface area contributed by atoms with Gasteiger partial charge < -0.3 is 14.2 Å². The topological polar surface area (TPSA) is 61.8 Å². The Morgan fingerprint density at radius 2 is 1.41 bits per heavy atom. The molecule has 0 unspecified atom stereocenters. The van der Waals surface area contributed by atoms with E-state index in [2.05, 4.69) is 0 Å². The average Bonchev–Trinajstić information content (AvgIpc) is 2.55. The van der Waals surface area contributed by atoms with Gasteiger partial charge in [-0.25, -0.2) is 9.59 Å². The molecule has 5 heteroatoms. The van der Waals surface area contributed by atoms with Crippen molar-refractivity contribution in [2.75, 3.05) is 14.2 Å². The van der Waals surface area contributed by atoms with Crippen LogP contribution in [0.2, 0.25) is 0 Å². The van der Waals surface area contributed by atoms with Crippen LogP contribution in [0.25, 0.3) is 0 Å². The van der Waals surface area contributed by atoms with Gasteiger partial charge in [-0.3, -0.25) is 0 Å². The molecule has 0 spiro atoms. The predicted molar refractivity (Wildman–Crippen MR) is 80.4 cm³/mol. The van der Waals surface area contributed by atoms with Gasteiger partial charge in [0.15, 0.2) is 0 Å². The number of carbonyl (C=O) groups is 2. The van der Waals surface area contributed by atoms with Crippen LogP contribution in [0.15, 0.2) is 42.5 Å². The van der Waals surface area contributed by atoms with Crippen LogP contribution in [0.3, 0.4) is 0 Å². The lowest BCUT2D eigenvalue weighted by Gasteiger charge is -2.13. The SMILES string of the molecule is COC(=O)c1cc(C)c(Oc2ccccc2)cc1C(=O)OC. The summed E-state index contributed by atoms with van der Waals surface area (Å²) in [6.45, 7) is 1.78. The zero-order valence-electron chi connectivity index (χ0n) is 12.6. The predicted octanol–water partition coefficient (Wildman–Crippen LogP) is 3.36. The normalized spacial score (nSPS) is 9.95. The van der Waals surface area contributed by atoms with Crippen molar-refractivity contribution in [2.45, 2.75) is 6.92 Å². The molecule has 0 aromatic heterocycles. The summed E-state index contributed by atoms with van der Waals surface area (Å²) < 4.78 is 15.2. The molecule has 2 aromatic carbocycles. The standard InChI is InChI=1S/C17H16O5/c1-11-9-13(16(18)20-2)14(17(19)21-3)10-15(11)22-12-7-5-4-6-8-12/h4-10H,1-3H3. The van der Waals surface area contributed by atoms with E-state index < -0.39 is 11.9 Å². The molecule has 2 aromatic rings. The Balaban J connectivity index is 2.48. The number of hydrogen-bond acceptors (Lipinski definition) is 5. The summed E-state index contributed by atoms with van der Waals surface area (Å²) in [5.74, 6) is -0.125. The lowest BCUT2D eigenvalue weighted by molar-refractivity contribution is 0.0555. The van der Waals surface area contributed by atoms with Crippen LogP contribution >= 0.6 is 0 Å². The zero-order valence-corrected chi connectivity index (χ0v) is 12.6. The maximum atomic E-state index is 11.9. The Kier molecular flexibility index (Phi) is 4.78. The van der Waals surface area contributed by atoms with Crippen molar-refractivity contribution in [3.63, 3.8) is 0 Å². The second kappa shape index (κ2) is 6.76. The van der Waals surface area contributed by atoms with Crippen molar-refractivity contribution in [1.82, 2.24) is 0 Å². The molecule has 0 atom stereocenters. The first-order chi connectivity index (χ1) is 10.6. The van der Waals surface area contributed by atoms with Crippen molar-refractivity contribution in [3.05, 3.63) is 59.2 Å². The van der Waals surface area contributed by atoms with E-state index in [1.807, 2.05) is 18.2 Å². The summed E-state index contributed by atoms with van der Waals surface area (Å²) in [4.78, 5) is 23.7. The molecule has 0 amide bonds. The van der Waals surface area contributed by atoms with E-state index in [1.165, 1.54) is 20.3 Å². The van der Waals surface area contributed by atoms with Crippen molar-refractivity contribution < 1.29 is 23.8 Å². The fourth-order valence-corrected chi connectivity index (χ4v) is 1.97. The van der Waals surface area contributed by atoms with Crippen LogP contribution in [0.1, 0.15) is 26.3 Å². The van der Waals surface area contributed by atoms with E-state index in [1.54, 1.807) is 25.1 Å². The summed E-state index contributed by atoms with van der Waals surface area (Å²) in [6.07, 6.45) is 0. The monoisotopic (exact) mass is 300 g/mol. The molecule has 5 nitrogen and oxygen atoms in total. The Labute approximate surface area is 128 Å². The highest BCUT2D eigenvalue weighted by molar-refractivity contribution is 6.03. The van der Waals surface area contributed by atoms with Gasteiger partial charge in [-0.05, 0) is 36.8 Å². The molecule has 0 saturated carbocycles. The number of hydrogen-bond donors (Lipinski definition) is 0. The summed E-state index contributed by atoms with van der Waals surface area (Å²) in [7, 11) is 2.51. The van der Waals surface area contributed by atoms with E-state index >= 15 is 0 Å². The molecular formula is C17H16O5. The Morgan fingerprint density at radius 3 is 1.95 bits per heavy atom. The number of carbonyl (C=O) groups excluding carboxylic acids is 2. The van der Waals surface area contributed by atoms with Gasteiger partial charge in [-0.1, -0.05) is 18.2 Å². The summed E-state index contributed by atoms with van der Waals surface area (Å²) in [5, 5.41) is 0. The fraction of sp³-hybridized carbons (Fsp3) is 0.176. The number of ether oxygens (including phenoxy) is 3. The van der Waals surface area contributed by atoms with Crippen LogP contribution in [0, 0.1) is 6.92 Å². The number of methoxy groups -OCH3 is 2. The van der Waals surface area contributed by atoms with Gasteiger partial charge in [-0.15, -0.1) is 0 Å². The number of rotatable bonds is 4. The molecule has 0 N–H and O–H groups in total. The third kappa shape index (κ3) is 3.25. The number of para-hydroxylation sites is 1. The van der Waals surface area contributed by atoms with Crippen molar-refractivity contribution in [3.8, 4) is 11.5 Å². The minimum atomic E-state index is -0.627. The lowest BCUT2D eigenvalue weighted by Crippen LogP contribution is -2.12. The van der Waals surface area contributed by atoms with Gasteiger partial charge in [0.05, 0.1) is 25.3 Å². The van der Waals surface area contributed by atoms with Crippen LogP contribution in [-0.4, -0.2) is 26.2 Å². The molecule has 0 fully saturated rings. The second-order valence-electron chi connectivity index (χ2n) is 4.56. The first kappa shape index (κ1) is 15.6. The summed E-state index contributed by atoms with van der Waals surface area (Å²) in [6, 6.07) is 12.2. The minimum Gasteiger partial charge on any atom is -0.465 e. The highest BCUT2D eigenvalue weighted by Crippen LogP contribution is 2.29. The highest BCUT2D eigenvalue weighted by atomic mass is 16.5. The quantitative estimate of drug-likeness (QED) is 0.810. The third-order valence-corrected chi connectivity index (χ3v) is 3.10. The molecule has 114 valence electrons. The molecule has 0 aliphatic carbocycles. The molecule has 0 aliphatic heterocycles. The average molecular weight is 300 g/mol. The summed E-state index contributed by atoms with van der Waals surface area (Å²) in [5.41, 5.74) is 0.954. The first-order valence-electron chi connectivity index (χ1n) is 6.61. The van der Waals surface area contributed by atoms with Crippen LogP contribution < -0.4 is 4.74 Å². The molecule has 0 heterocycles. The van der Waals surface area contributed by atoms with Crippen molar-refractivity contribution >= 4 is 11.9 Å². The van der Waals surface area contributed by atoms with Gasteiger partial charge >= 0.3 is 11.9 Å². The van der Waals surface area contributed by atoms with Gasteiger partial charge in [0.2, 0.25) is 0 Å². The van der Waals surface area contributed by atoms with E-state index in [9.17, 15) is 9.59 Å². The molecular weight excluding hydrogens is 284 g/mol. The van der Waals surface area contributed by atoms with E-state index in [0.29, 0.717) is 17.1 Å². The Hall–Kier alpha value is -2.82. The minimum absolute atomic E-state index is 0.103. The smallest absolute Gasteiger partial charge is 0.338 e. The Morgan fingerprint density at radius 1 is 0.864 bits per heavy atom. The molecule has 2 rings (SSSR count). The number of aryl methyl sites for hydroxylation is 1. The highest BCUT2D eigenvalue weighted by Gasteiger charge is 2.21. The second-order valence-corrected chi connectivity index (χ2v) is 4.56. The van der Waals surface area contributed by atoms with Gasteiger partial charge in [-0.2, -0.15) is 0 Å². The first-order valence-corrected chi connectivity index (χ1v) is 6.61. The zero-order chi connectivity index (χ0) is 16.1. The van der Waals surface area contributed by atoms with Crippen LogP contribution in [0.5, 0.6) is 11.5 Å². The van der Waals surface area contributed by atoms with Gasteiger partial charge in [0.1, 0.15) is 11.5 Å². The molecule has 0 saturated heterocycles. The van der Waals surface area contributed by atoms with Gasteiger partial charge in [0.25, 0.3) is 0 Å². The Bertz CT molecular complexity index is 692. The van der Waals surface area contributed by atoms with E-state index in [-0.39, 0.29) is 11.1 Å². The third-order valence-electron chi connectivity index (χ3n) is 3.10.